The number of alkyl carbamates (subject to hydrolysis) is 1. The number of ether oxygens (including phenoxy) is 1. The van der Waals surface area contributed by atoms with Gasteiger partial charge >= 0.3 is 12.2 Å². The van der Waals surface area contributed by atoms with E-state index in [4.69, 9.17) is 10.5 Å². The fourth-order valence-electron chi connectivity index (χ4n) is 4.79. The first-order chi connectivity index (χ1) is 17.9. The van der Waals surface area contributed by atoms with E-state index in [0.29, 0.717) is 25.0 Å². The van der Waals surface area contributed by atoms with Gasteiger partial charge in [0, 0.05) is 25.2 Å². The van der Waals surface area contributed by atoms with Gasteiger partial charge in [-0.2, -0.15) is 0 Å². The molecule has 1 aromatic rings. The molecular weight excluding hydrogens is 496 g/mol. The highest BCUT2D eigenvalue weighted by atomic mass is 16.6. The minimum Gasteiger partial charge on any atom is -0.465 e. The predicted octanol–water partition coefficient (Wildman–Crippen LogP) is 1.14. The Balaban J connectivity index is 1.83. The Morgan fingerprint density at radius 2 is 1.95 bits per heavy atom. The number of carbonyl (C=O) groups is 5. The standard InChI is InChI=1S/C25H36N6O7/c1-25(2,3)38-23(35)29-18-14-30(24(36)37)13-11-15-7-9-19(31(15)22(18)34)21(33)28-17(8-10-20(26)32)16-6-4-5-12-27-16/h4-6,12,15,17-19H,7-11,13-14H2,1-3H3,(H2,26,32)(H,28,33)(H,29,35)(H,36,37)/t15-,17+,18+,19+/m1/s1. The molecule has 5 amide bonds. The van der Waals surface area contributed by atoms with Crippen LogP contribution >= 0.6 is 0 Å². The molecule has 0 bridgehead atoms. The summed E-state index contributed by atoms with van der Waals surface area (Å²) in [6.45, 7) is 4.87. The number of nitrogens with zero attached hydrogens (tertiary/aromatic N) is 3. The van der Waals surface area contributed by atoms with Gasteiger partial charge in [0.25, 0.3) is 0 Å². The number of hydrogen-bond acceptors (Lipinski definition) is 7. The minimum atomic E-state index is -1.24. The molecule has 0 unspecified atom stereocenters. The van der Waals surface area contributed by atoms with E-state index in [2.05, 4.69) is 15.6 Å². The maximum atomic E-state index is 13.7. The van der Waals surface area contributed by atoms with Crippen LogP contribution in [0.2, 0.25) is 0 Å². The van der Waals surface area contributed by atoms with Gasteiger partial charge in [0.15, 0.2) is 0 Å². The molecule has 0 spiro atoms. The zero-order valence-corrected chi connectivity index (χ0v) is 21.9. The van der Waals surface area contributed by atoms with Crippen LogP contribution in [0.5, 0.6) is 0 Å². The van der Waals surface area contributed by atoms with Crippen molar-refractivity contribution in [1.82, 2.24) is 25.4 Å². The zero-order valence-electron chi connectivity index (χ0n) is 21.9. The minimum absolute atomic E-state index is 0.0321. The number of carbonyl (C=O) groups excluding carboxylic acids is 4. The van der Waals surface area contributed by atoms with Crippen molar-refractivity contribution in [2.45, 2.75) is 82.6 Å². The summed E-state index contributed by atoms with van der Waals surface area (Å²) in [7, 11) is 0. The lowest BCUT2D eigenvalue weighted by molar-refractivity contribution is -0.143. The first-order valence-electron chi connectivity index (χ1n) is 12.6. The van der Waals surface area contributed by atoms with Gasteiger partial charge in [-0.3, -0.25) is 19.4 Å². The van der Waals surface area contributed by atoms with E-state index in [-0.39, 0.29) is 32.0 Å². The summed E-state index contributed by atoms with van der Waals surface area (Å²) in [6.07, 6.45) is 0.982. The third-order valence-corrected chi connectivity index (χ3v) is 6.50. The smallest absolute Gasteiger partial charge is 0.408 e. The van der Waals surface area contributed by atoms with E-state index in [1.54, 1.807) is 45.2 Å². The molecule has 208 valence electrons. The Kier molecular flexibility index (Phi) is 9.13. The van der Waals surface area contributed by atoms with Crippen LogP contribution in [-0.2, 0) is 19.1 Å². The number of nitrogens with two attached hydrogens (primary N) is 1. The topological polar surface area (TPSA) is 184 Å². The summed E-state index contributed by atoms with van der Waals surface area (Å²) >= 11 is 0. The molecule has 3 rings (SSSR count). The molecule has 2 fully saturated rings. The molecule has 2 saturated heterocycles. The quantitative estimate of drug-likeness (QED) is 0.403. The molecular formula is C25H36N6O7. The summed E-state index contributed by atoms with van der Waals surface area (Å²) in [4.78, 5) is 69.7. The summed E-state index contributed by atoms with van der Waals surface area (Å²) in [5.74, 6) is -1.50. The fraction of sp³-hybridized carbons (Fsp3) is 0.600. The second-order valence-corrected chi connectivity index (χ2v) is 10.5. The van der Waals surface area contributed by atoms with Gasteiger partial charge in [-0.15, -0.1) is 0 Å². The van der Waals surface area contributed by atoms with Crippen molar-refractivity contribution < 1.29 is 33.8 Å². The largest absolute Gasteiger partial charge is 0.465 e. The summed E-state index contributed by atoms with van der Waals surface area (Å²) < 4.78 is 5.28. The van der Waals surface area contributed by atoms with Crippen molar-refractivity contribution in [2.75, 3.05) is 13.1 Å². The Labute approximate surface area is 221 Å². The van der Waals surface area contributed by atoms with Crippen LogP contribution in [0.3, 0.4) is 0 Å². The number of primary amides is 1. The summed E-state index contributed by atoms with van der Waals surface area (Å²) in [5.41, 5.74) is 5.04. The second kappa shape index (κ2) is 12.1. The van der Waals surface area contributed by atoms with Crippen LogP contribution in [-0.4, -0.2) is 86.6 Å². The highest BCUT2D eigenvalue weighted by Crippen LogP contribution is 2.30. The highest BCUT2D eigenvalue weighted by molar-refractivity contribution is 5.93. The van der Waals surface area contributed by atoms with Crippen molar-refractivity contribution in [3.05, 3.63) is 30.1 Å². The molecule has 5 N–H and O–H groups in total. The van der Waals surface area contributed by atoms with Crippen molar-refractivity contribution in [1.29, 1.82) is 0 Å². The number of pyridine rings is 1. The molecule has 0 saturated carbocycles. The molecule has 2 aliphatic heterocycles. The lowest BCUT2D eigenvalue weighted by atomic mass is 10.1. The van der Waals surface area contributed by atoms with E-state index in [1.807, 2.05) is 0 Å². The number of rotatable bonds is 7. The van der Waals surface area contributed by atoms with Gasteiger partial charge in [-0.25, -0.2) is 9.59 Å². The SMILES string of the molecule is CC(C)(C)OC(=O)N[C@H]1CN(C(=O)O)CC[C@H]2CC[C@@H](C(=O)N[C@@H](CCC(N)=O)c3ccccn3)N2C1=O. The number of fused-ring (bicyclic) bond motifs is 1. The third kappa shape index (κ3) is 7.56. The summed E-state index contributed by atoms with van der Waals surface area (Å²) in [6, 6.07) is 2.16. The molecule has 0 aromatic carbocycles. The van der Waals surface area contributed by atoms with Gasteiger partial charge in [-0.1, -0.05) is 6.07 Å². The Bertz CT molecular complexity index is 1040. The van der Waals surface area contributed by atoms with Crippen LogP contribution in [0, 0.1) is 0 Å². The number of hydrogen-bond donors (Lipinski definition) is 4. The van der Waals surface area contributed by atoms with Crippen molar-refractivity contribution in [2.24, 2.45) is 5.73 Å². The maximum absolute atomic E-state index is 13.7. The number of nitrogens with one attached hydrogen (secondary N) is 2. The molecule has 4 atom stereocenters. The third-order valence-electron chi connectivity index (χ3n) is 6.50. The lowest BCUT2D eigenvalue weighted by Gasteiger charge is -2.38. The monoisotopic (exact) mass is 532 g/mol. The average Bonchev–Trinajstić information content (AvgIpc) is 3.24. The van der Waals surface area contributed by atoms with Crippen molar-refractivity contribution in [3.63, 3.8) is 0 Å². The van der Waals surface area contributed by atoms with Crippen molar-refractivity contribution in [3.8, 4) is 0 Å². The fourth-order valence-corrected chi connectivity index (χ4v) is 4.79. The van der Waals surface area contributed by atoms with E-state index < -0.39 is 53.6 Å². The summed E-state index contributed by atoms with van der Waals surface area (Å²) in [5, 5.41) is 15.0. The van der Waals surface area contributed by atoms with Crippen LogP contribution in [0.4, 0.5) is 9.59 Å². The zero-order chi connectivity index (χ0) is 28.0. The Morgan fingerprint density at radius 1 is 1.21 bits per heavy atom. The first kappa shape index (κ1) is 28.7. The van der Waals surface area contributed by atoms with Crippen LogP contribution in [0.15, 0.2) is 24.4 Å². The number of carboxylic acid groups (broad SMARTS) is 1. The second-order valence-electron chi connectivity index (χ2n) is 10.5. The lowest BCUT2D eigenvalue weighted by Crippen LogP contribution is -2.61. The number of amides is 5. The maximum Gasteiger partial charge on any atom is 0.408 e. The van der Waals surface area contributed by atoms with Gasteiger partial charge in [0.05, 0.1) is 18.3 Å². The molecule has 38 heavy (non-hydrogen) atoms. The van der Waals surface area contributed by atoms with Crippen molar-refractivity contribution >= 4 is 29.9 Å². The average molecular weight is 533 g/mol. The van der Waals surface area contributed by atoms with Crippen LogP contribution in [0.1, 0.15) is 64.6 Å². The molecule has 0 aliphatic carbocycles. The van der Waals surface area contributed by atoms with E-state index in [1.165, 1.54) is 4.90 Å². The Hall–Kier alpha value is -3.90. The first-order valence-corrected chi connectivity index (χ1v) is 12.6. The van der Waals surface area contributed by atoms with Gasteiger partial charge in [0.2, 0.25) is 17.7 Å². The van der Waals surface area contributed by atoms with Gasteiger partial charge in [-0.05, 0) is 58.6 Å². The molecule has 13 nitrogen and oxygen atoms in total. The van der Waals surface area contributed by atoms with Crippen LogP contribution < -0.4 is 16.4 Å². The van der Waals surface area contributed by atoms with E-state index in [0.717, 1.165) is 4.90 Å². The Morgan fingerprint density at radius 3 is 2.55 bits per heavy atom. The highest BCUT2D eigenvalue weighted by Gasteiger charge is 2.46. The van der Waals surface area contributed by atoms with E-state index in [9.17, 15) is 29.1 Å². The molecule has 3 heterocycles. The normalized spacial score (nSPS) is 22.5. The van der Waals surface area contributed by atoms with E-state index >= 15 is 0 Å². The molecule has 13 heteroatoms. The molecule has 1 aromatic heterocycles. The van der Waals surface area contributed by atoms with Crippen LogP contribution in [0.25, 0.3) is 0 Å². The molecule has 0 radical (unpaired) electrons. The molecule has 2 aliphatic rings. The van der Waals surface area contributed by atoms with Gasteiger partial charge < -0.3 is 36.0 Å². The van der Waals surface area contributed by atoms with Gasteiger partial charge in [0.1, 0.15) is 17.7 Å². The number of aromatic nitrogens is 1. The predicted molar refractivity (Wildman–Crippen MR) is 135 cm³/mol.